The van der Waals surface area contributed by atoms with Crippen LogP contribution in [0.4, 0.5) is 16.2 Å². The zero-order valence-electron chi connectivity index (χ0n) is 14.8. The molecule has 29 heavy (non-hydrogen) atoms. The Balaban J connectivity index is 2.16. The average molecular weight is 523 g/mol. The van der Waals surface area contributed by atoms with Gasteiger partial charge in [0.25, 0.3) is 0 Å². The lowest BCUT2D eigenvalue weighted by atomic mass is 10.2. The number of halogens is 2. The second kappa shape index (κ2) is 8.70. The zero-order valence-corrected chi connectivity index (χ0v) is 18.8. The van der Waals surface area contributed by atoms with Crippen LogP contribution in [0.3, 0.4) is 0 Å². The predicted octanol–water partition coefficient (Wildman–Crippen LogP) is 3.08. The van der Waals surface area contributed by atoms with E-state index in [1.54, 1.807) is 24.3 Å². The van der Waals surface area contributed by atoms with Gasteiger partial charge in [0.1, 0.15) is 10.3 Å². The van der Waals surface area contributed by atoms with Crippen LogP contribution in [0.25, 0.3) is 0 Å². The fourth-order valence-electron chi connectivity index (χ4n) is 2.92. The Hall–Kier alpha value is -1.50. The van der Waals surface area contributed by atoms with E-state index in [4.69, 9.17) is 17.3 Å². The lowest BCUT2D eigenvalue weighted by Crippen LogP contribution is -2.42. The van der Waals surface area contributed by atoms with Crippen LogP contribution in [0, 0.1) is 0 Å². The van der Waals surface area contributed by atoms with E-state index in [2.05, 4.69) is 15.9 Å². The van der Waals surface area contributed by atoms with Gasteiger partial charge < -0.3 is 15.9 Å². The van der Waals surface area contributed by atoms with Gasteiger partial charge in [-0.25, -0.2) is 13.2 Å². The molecule has 1 unspecified atom stereocenters. The third-order valence-electron chi connectivity index (χ3n) is 4.23. The number of carbonyl (C=O) groups excluding carboxylic acids is 1. The number of anilines is 2. The highest BCUT2D eigenvalue weighted by Gasteiger charge is 2.35. The number of phenolic OH excluding ortho intramolecular Hbond substituents is 1. The quantitative estimate of drug-likeness (QED) is 0.567. The molecule has 1 heterocycles. The van der Waals surface area contributed by atoms with Crippen molar-refractivity contribution in [1.29, 1.82) is 0 Å². The number of β-amino-alcohol motifs (C(OH)–C–C–N with tert-alkyl or cyclic N) is 1. The fraction of sp³-hybridized carbons (Fsp3) is 0.235. The summed E-state index contributed by atoms with van der Waals surface area (Å²) in [5.41, 5.74) is 4.81. The molecule has 0 spiro atoms. The van der Waals surface area contributed by atoms with Crippen LogP contribution in [-0.2, 0) is 10.0 Å². The van der Waals surface area contributed by atoms with E-state index in [1.165, 1.54) is 23.9 Å². The fourth-order valence-corrected chi connectivity index (χ4v) is 6.51. The summed E-state index contributed by atoms with van der Waals surface area (Å²) in [7, 11) is -4.24. The van der Waals surface area contributed by atoms with Crippen LogP contribution in [0.15, 0.2) is 45.8 Å². The Labute approximate surface area is 185 Å². The molecule has 1 saturated heterocycles. The molecule has 1 aliphatic heterocycles. The average Bonchev–Trinajstić information content (AvgIpc) is 2.65. The van der Waals surface area contributed by atoms with Crippen molar-refractivity contribution in [3.63, 3.8) is 0 Å². The van der Waals surface area contributed by atoms with Crippen molar-refractivity contribution >= 4 is 66.7 Å². The topological polar surface area (TPSA) is 124 Å². The number of primary amides is 1. The van der Waals surface area contributed by atoms with E-state index in [1.807, 2.05) is 0 Å². The van der Waals surface area contributed by atoms with Crippen LogP contribution >= 0.6 is 39.3 Å². The lowest BCUT2D eigenvalue weighted by molar-refractivity contribution is 0.218. The first kappa shape index (κ1) is 22.2. The number of nitrogens with two attached hydrogens (primary N) is 1. The van der Waals surface area contributed by atoms with Crippen molar-refractivity contribution in [3.05, 3.63) is 45.9 Å². The first-order valence-electron chi connectivity index (χ1n) is 8.30. The largest absolute Gasteiger partial charge is 0.504 e. The number of aromatic hydroxyl groups is 1. The zero-order chi connectivity index (χ0) is 21.3. The Morgan fingerprint density at radius 3 is 2.59 bits per heavy atom. The van der Waals surface area contributed by atoms with Crippen LogP contribution in [0.1, 0.15) is 0 Å². The Kier molecular flexibility index (Phi) is 6.66. The number of nitrogens with zero attached hydrogens (tertiary/aromatic N) is 2. The minimum Gasteiger partial charge on any atom is -0.504 e. The van der Waals surface area contributed by atoms with Crippen molar-refractivity contribution in [1.82, 2.24) is 4.31 Å². The summed E-state index contributed by atoms with van der Waals surface area (Å²) < 4.78 is 27.8. The first-order chi connectivity index (χ1) is 13.6. The van der Waals surface area contributed by atoms with Crippen LogP contribution in [0.5, 0.6) is 5.75 Å². The number of phenols is 1. The van der Waals surface area contributed by atoms with Gasteiger partial charge in [-0.15, -0.1) is 11.8 Å². The van der Waals surface area contributed by atoms with Gasteiger partial charge in [-0.2, -0.15) is 4.31 Å². The molecule has 2 aromatic carbocycles. The highest BCUT2D eigenvalue weighted by Crippen LogP contribution is 2.44. The molecule has 4 N–H and O–H groups in total. The highest BCUT2D eigenvalue weighted by atomic mass is 79.9. The van der Waals surface area contributed by atoms with Gasteiger partial charge in [-0.3, -0.25) is 4.90 Å². The Bertz CT molecular complexity index is 1050. The second-order valence-electron chi connectivity index (χ2n) is 6.06. The maximum absolute atomic E-state index is 13.1. The summed E-state index contributed by atoms with van der Waals surface area (Å²) in [6.07, 6.45) is 0. The molecule has 3 rings (SSSR count). The number of amides is 2. The molecule has 1 atom stereocenters. The number of hydrogen-bond donors (Lipinski definition) is 3. The smallest absolute Gasteiger partial charge is 0.324 e. The maximum Gasteiger partial charge on any atom is 0.324 e. The molecule has 1 aliphatic rings. The number of urea groups is 1. The number of rotatable bonds is 4. The number of hydrogen-bond acceptors (Lipinski definition) is 6. The molecule has 12 heteroatoms. The van der Waals surface area contributed by atoms with Gasteiger partial charge in [0.05, 0.1) is 16.4 Å². The number of carbonyl (C=O) groups is 1. The van der Waals surface area contributed by atoms with Crippen molar-refractivity contribution in [2.45, 2.75) is 10.3 Å². The van der Waals surface area contributed by atoms with Crippen molar-refractivity contribution < 1.29 is 23.4 Å². The van der Waals surface area contributed by atoms with E-state index in [0.29, 0.717) is 15.9 Å². The molecule has 2 amide bonds. The summed E-state index contributed by atoms with van der Waals surface area (Å²) in [6.45, 7) is 0.00455. The molecule has 0 radical (unpaired) electrons. The number of aliphatic hydroxyl groups is 1. The minimum absolute atomic E-state index is 0.140. The minimum atomic E-state index is -4.24. The number of benzene rings is 2. The number of para-hydroxylation sites is 1. The van der Waals surface area contributed by atoms with Crippen molar-refractivity contribution in [2.75, 3.05) is 23.7 Å². The van der Waals surface area contributed by atoms with Gasteiger partial charge in [0.2, 0.25) is 10.0 Å². The molecular formula is C17H17BrClN3O5S2. The van der Waals surface area contributed by atoms with E-state index in [0.717, 1.165) is 9.21 Å². The standard InChI is InChI=1S/C17H17BrClN3O5S2/c18-10-3-1-2-4-12(10)22(17(20)25)13-6-5-11(19)16(15(13)24)29(26,27)21-7-8-28-14(23)9-21/h1-6,14,23-24H,7-9H2,(H2,20,25). The second-order valence-corrected chi connectivity index (χ2v) is 10.5. The van der Waals surface area contributed by atoms with Gasteiger partial charge in [0, 0.05) is 23.3 Å². The molecule has 0 aliphatic carbocycles. The maximum atomic E-state index is 13.1. The highest BCUT2D eigenvalue weighted by molar-refractivity contribution is 9.10. The first-order valence-corrected chi connectivity index (χ1v) is 12.0. The third-order valence-corrected chi connectivity index (χ3v) is 8.22. The lowest BCUT2D eigenvalue weighted by Gasteiger charge is -2.30. The van der Waals surface area contributed by atoms with E-state index >= 15 is 0 Å². The molecule has 8 nitrogen and oxygen atoms in total. The number of thioether (sulfide) groups is 1. The number of sulfonamides is 1. The van der Waals surface area contributed by atoms with E-state index < -0.39 is 32.1 Å². The summed E-state index contributed by atoms with van der Waals surface area (Å²) in [5, 5.41) is 20.4. The van der Waals surface area contributed by atoms with Crippen molar-refractivity contribution in [3.8, 4) is 5.75 Å². The summed E-state index contributed by atoms with van der Waals surface area (Å²) >= 11 is 10.7. The van der Waals surface area contributed by atoms with Crippen LogP contribution in [0.2, 0.25) is 5.02 Å². The summed E-state index contributed by atoms with van der Waals surface area (Å²) in [5.74, 6) is -0.317. The monoisotopic (exact) mass is 521 g/mol. The molecule has 0 bridgehead atoms. The van der Waals surface area contributed by atoms with E-state index in [9.17, 15) is 23.4 Å². The van der Waals surface area contributed by atoms with Gasteiger partial charge in [-0.1, -0.05) is 23.7 Å². The molecule has 1 fully saturated rings. The van der Waals surface area contributed by atoms with Gasteiger partial charge in [-0.05, 0) is 40.2 Å². The van der Waals surface area contributed by atoms with E-state index in [-0.39, 0.29) is 23.8 Å². The predicted molar refractivity (Wildman–Crippen MR) is 116 cm³/mol. The molecule has 2 aromatic rings. The SMILES string of the molecule is NC(=O)N(c1ccccc1Br)c1ccc(Cl)c(S(=O)(=O)N2CCSC(O)C2)c1O. The molecule has 0 aromatic heterocycles. The number of aliphatic hydroxyl groups excluding tert-OH is 1. The normalized spacial score (nSPS) is 17.8. The Morgan fingerprint density at radius 2 is 1.97 bits per heavy atom. The van der Waals surface area contributed by atoms with Gasteiger partial charge >= 0.3 is 6.03 Å². The third kappa shape index (κ3) is 4.35. The van der Waals surface area contributed by atoms with Crippen LogP contribution in [-0.4, -0.2) is 53.2 Å². The summed E-state index contributed by atoms with van der Waals surface area (Å²) in [6, 6.07) is 8.28. The van der Waals surface area contributed by atoms with Crippen molar-refractivity contribution in [2.24, 2.45) is 5.73 Å². The van der Waals surface area contributed by atoms with Crippen LogP contribution < -0.4 is 10.6 Å². The molecular weight excluding hydrogens is 506 g/mol. The Morgan fingerprint density at radius 1 is 1.28 bits per heavy atom. The van der Waals surface area contributed by atoms with Gasteiger partial charge in [0.15, 0.2) is 5.75 Å². The molecule has 156 valence electrons. The summed E-state index contributed by atoms with van der Waals surface area (Å²) in [4.78, 5) is 12.6. The molecule has 0 saturated carbocycles.